The number of pyridine rings is 1. The number of aromatic nitrogens is 1. The van der Waals surface area contributed by atoms with Crippen LogP contribution >= 0.6 is 34.6 Å². The van der Waals surface area contributed by atoms with E-state index in [0.717, 1.165) is 19.5 Å². The second-order valence-corrected chi connectivity index (χ2v) is 8.41. The monoisotopic (exact) mass is 387 g/mol. The molecule has 0 fully saturated rings. The first-order chi connectivity index (χ1) is 12.1. The second kappa shape index (κ2) is 6.55. The van der Waals surface area contributed by atoms with Crippen molar-refractivity contribution in [3.8, 4) is 9.75 Å². The Bertz CT molecular complexity index is 949. The largest absolute Gasteiger partial charge is 0.504 e. The molecule has 4 rings (SSSR count). The van der Waals surface area contributed by atoms with E-state index in [-0.39, 0.29) is 17.4 Å². The van der Waals surface area contributed by atoms with Gasteiger partial charge in [-0.25, -0.2) is 4.98 Å². The van der Waals surface area contributed by atoms with Crippen molar-refractivity contribution in [3.05, 3.63) is 58.5 Å². The van der Waals surface area contributed by atoms with Gasteiger partial charge in [-0.15, -0.1) is 22.7 Å². The molecule has 25 heavy (non-hydrogen) atoms. The van der Waals surface area contributed by atoms with E-state index in [0.29, 0.717) is 5.82 Å². The Hall–Kier alpha value is -2.29. The summed E-state index contributed by atoms with van der Waals surface area (Å²) in [6.07, 6.45) is 1.61. The van der Waals surface area contributed by atoms with E-state index in [1.807, 2.05) is 17.5 Å². The molecule has 2 N–H and O–H groups in total. The second-order valence-electron chi connectivity index (χ2n) is 5.24. The third-order valence-electron chi connectivity index (χ3n) is 3.57. The lowest BCUT2D eigenvalue weighted by Crippen LogP contribution is -2.27. The number of aliphatic hydroxyl groups excluding tert-OH is 1. The zero-order valence-electron chi connectivity index (χ0n) is 13.1. The minimum absolute atomic E-state index is 0.00233. The number of fused-ring (bicyclic) bond motifs is 1. The Balaban J connectivity index is 1.69. The number of aliphatic hydroxyl groups is 1. The van der Waals surface area contributed by atoms with Gasteiger partial charge < -0.3 is 14.7 Å². The summed E-state index contributed by atoms with van der Waals surface area (Å²) in [5.74, 6) is 0.0582. The van der Waals surface area contributed by atoms with Crippen LogP contribution < -0.4 is 5.32 Å². The third kappa shape index (κ3) is 3.04. The van der Waals surface area contributed by atoms with Gasteiger partial charge in [-0.2, -0.15) is 0 Å². The maximum atomic E-state index is 12.6. The predicted octanol–water partition coefficient (Wildman–Crippen LogP) is 4.69. The summed E-state index contributed by atoms with van der Waals surface area (Å²) >= 11 is 4.57. The molecule has 3 aromatic rings. The Morgan fingerprint density at radius 3 is 2.84 bits per heavy atom. The van der Waals surface area contributed by atoms with Crippen LogP contribution in [0.3, 0.4) is 0 Å². The van der Waals surface area contributed by atoms with E-state index in [1.165, 1.54) is 23.3 Å². The number of thiophene rings is 2. The molecule has 0 aliphatic carbocycles. The first kappa shape index (κ1) is 16.2. The zero-order chi connectivity index (χ0) is 17.4. The van der Waals surface area contributed by atoms with Crippen LogP contribution in [0.2, 0.25) is 0 Å². The van der Waals surface area contributed by atoms with Crippen molar-refractivity contribution >= 4 is 52.1 Å². The minimum atomic E-state index is -0.386. The molecule has 0 atom stereocenters. The molecule has 8 heteroatoms. The van der Waals surface area contributed by atoms with Gasteiger partial charge in [-0.1, -0.05) is 12.1 Å². The standard InChI is InChI=1S/C17H13N3O2S3/c1-20-14(17(22)19-13-6-2-3-7-18-13)15(21)16-12(25-20)9-11(24-16)10-5-4-8-23-10/h2-9,21H,1H3,(H,18,19,22). The average molecular weight is 388 g/mol. The van der Waals surface area contributed by atoms with Crippen LogP contribution in [0.4, 0.5) is 5.82 Å². The molecule has 5 nitrogen and oxygen atoms in total. The van der Waals surface area contributed by atoms with Crippen molar-refractivity contribution < 1.29 is 9.90 Å². The fourth-order valence-electron chi connectivity index (χ4n) is 2.46. The molecule has 3 aromatic heterocycles. The Morgan fingerprint density at radius 1 is 1.24 bits per heavy atom. The van der Waals surface area contributed by atoms with Crippen molar-refractivity contribution in [2.24, 2.45) is 0 Å². The molecule has 0 radical (unpaired) electrons. The summed E-state index contributed by atoms with van der Waals surface area (Å²) in [4.78, 5) is 20.6. The van der Waals surface area contributed by atoms with Crippen molar-refractivity contribution in [1.29, 1.82) is 0 Å². The number of nitrogens with zero attached hydrogens (tertiary/aromatic N) is 2. The topological polar surface area (TPSA) is 65.5 Å². The van der Waals surface area contributed by atoms with Gasteiger partial charge in [0.25, 0.3) is 5.91 Å². The summed E-state index contributed by atoms with van der Waals surface area (Å²) in [5.41, 5.74) is 0.225. The molecule has 0 spiro atoms. The molecule has 126 valence electrons. The van der Waals surface area contributed by atoms with Crippen LogP contribution in [-0.2, 0) is 4.79 Å². The van der Waals surface area contributed by atoms with Crippen molar-refractivity contribution in [1.82, 2.24) is 9.29 Å². The molecule has 4 heterocycles. The fraction of sp³-hybridized carbons (Fsp3) is 0.0588. The molecule has 0 unspecified atom stereocenters. The summed E-state index contributed by atoms with van der Waals surface area (Å²) in [6, 6.07) is 11.4. The molecule has 0 bridgehead atoms. The summed E-state index contributed by atoms with van der Waals surface area (Å²) in [7, 11) is 1.76. The van der Waals surface area contributed by atoms with Crippen LogP contribution in [-0.4, -0.2) is 27.4 Å². The van der Waals surface area contributed by atoms with E-state index >= 15 is 0 Å². The maximum Gasteiger partial charge on any atom is 0.277 e. The van der Waals surface area contributed by atoms with Crippen molar-refractivity contribution in [2.45, 2.75) is 4.90 Å². The fourth-order valence-corrected chi connectivity index (χ4v) is 5.50. The highest BCUT2D eigenvalue weighted by atomic mass is 32.2. The zero-order valence-corrected chi connectivity index (χ0v) is 15.5. The Kier molecular flexibility index (Phi) is 4.24. The van der Waals surface area contributed by atoms with E-state index in [1.54, 1.807) is 47.1 Å². The predicted molar refractivity (Wildman–Crippen MR) is 104 cm³/mol. The summed E-state index contributed by atoms with van der Waals surface area (Å²) in [6.45, 7) is 0. The number of carbonyl (C=O) groups excluding carboxylic acids is 1. The lowest BCUT2D eigenvalue weighted by Gasteiger charge is -2.25. The number of carbonyl (C=O) groups is 1. The molecular weight excluding hydrogens is 374 g/mol. The van der Waals surface area contributed by atoms with Crippen LogP contribution in [0, 0.1) is 0 Å². The van der Waals surface area contributed by atoms with Gasteiger partial charge in [0.1, 0.15) is 5.82 Å². The van der Waals surface area contributed by atoms with Crippen LogP contribution in [0.1, 0.15) is 4.88 Å². The van der Waals surface area contributed by atoms with E-state index in [2.05, 4.69) is 16.4 Å². The number of hydrogen-bond acceptors (Lipinski definition) is 7. The number of likely N-dealkylation sites (N-methyl/N-ethyl adjacent to an activating group) is 1. The van der Waals surface area contributed by atoms with Gasteiger partial charge >= 0.3 is 0 Å². The Morgan fingerprint density at radius 2 is 2.12 bits per heavy atom. The third-order valence-corrected chi connectivity index (χ3v) is 6.88. The van der Waals surface area contributed by atoms with Gasteiger partial charge in [0, 0.05) is 23.0 Å². The van der Waals surface area contributed by atoms with Crippen molar-refractivity contribution in [2.75, 3.05) is 12.4 Å². The normalized spacial score (nSPS) is 13.7. The highest BCUT2D eigenvalue weighted by Gasteiger charge is 2.31. The van der Waals surface area contributed by atoms with Gasteiger partial charge in [0.15, 0.2) is 11.5 Å². The number of rotatable bonds is 3. The smallest absolute Gasteiger partial charge is 0.277 e. The molecule has 1 aliphatic rings. The highest BCUT2D eigenvalue weighted by Crippen LogP contribution is 2.46. The molecule has 0 saturated carbocycles. The van der Waals surface area contributed by atoms with Gasteiger partial charge in [-0.3, -0.25) is 4.79 Å². The Labute approximate surface area is 156 Å². The quantitative estimate of drug-likeness (QED) is 0.638. The number of anilines is 1. The average Bonchev–Trinajstić information content (AvgIpc) is 3.24. The SMILES string of the molecule is CN1Sc2cc(-c3cccs3)sc2C(O)=C1C(=O)Nc1ccccn1. The molecular formula is C17H13N3O2S3. The molecule has 0 aromatic carbocycles. The number of amides is 1. The number of nitrogens with one attached hydrogen (secondary N) is 1. The van der Waals surface area contributed by atoms with Gasteiger partial charge in [0.2, 0.25) is 0 Å². The summed E-state index contributed by atoms with van der Waals surface area (Å²) < 4.78 is 1.68. The molecule has 0 saturated heterocycles. The highest BCUT2D eigenvalue weighted by molar-refractivity contribution is 7.97. The molecule has 1 amide bonds. The lowest BCUT2D eigenvalue weighted by atomic mass is 10.2. The lowest BCUT2D eigenvalue weighted by molar-refractivity contribution is -0.113. The van der Waals surface area contributed by atoms with Crippen LogP contribution in [0.25, 0.3) is 15.5 Å². The van der Waals surface area contributed by atoms with Gasteiger partial charge in [0.05, 0.1) is 9.77 Å². The minimum Gasteiger partial charge on any atom is -0.504 e. The van der Waals surface area contributed by atoms with Crippen LogP contribution in [0.15, 0.2) is 58.6 Å². The van der Waals surface area contributed by atoms with E-state index in [4.69, 9.17) is 0 Å². The summed E-state index contributed by atoms with van der Waals surface area (Å²) in [5, 5.41) is 15.5. The van der Waals surface area contributed by atoms with E-state index in [9.17, 15) is 9.90 Å². The van der Waals surface area contributed by atoms with Crippen LogP contribution in [0.5, 0.6) is 0 Å². The number of hydrogen-bond donors (Lipinski definition) is 2. The van der Waals surface area contributed by atoms with Crippen molar-refractivity contribution in [3.63, 3.8) is 0 Å². The van der Waals surface area contributed by atoms with E-state index < -0.39 is 0 Å². The molecule has 1 aliphatic heterocycles. The maximum absolute atomic E-state index is 12.6. The van der Waals surface area contributed by atoms with Gasteiger partial charge in [-0.05, 0) is 41.6 Å². The first-order valence-electron chi connectivity index (χ1n) is 7.39. The first-order valence-corrected chi connectivity index (χ1v) is 9.86.